The molecule has 4 aromatic rings. The summed E-state index contributed by atoms with van der Waals surface area (Å²) in [5.74, 6) is 0.553. The second-order valence-corrected chi connectivity index (χ2v) is 5.37. The minimum absolute atomic E-state index is 0.142. The molecule has 0 radical (unpaired) electrons. The first-order valence-corrected chi connectivity index (χ1v) is 7.61. The van der Waals surface area contributed by atoms with Crippen LogP contribution in [0.5, 0.6) is 0 Å². The predicted octanol–water partition coefficient (Wildman–Crippen LogP) is 2.45. The Morgan fingerprint density at radius 1 is 0.958 bits per heavy atom. The summed E-state index contributed by atoms with van der Waals surface area (Å²) in [4.78, 5) is 12.4. The number of fused-ring (bicyclic) bond motifs is 1. The maximum absolute atomic E-state index is 12.4. The molecule has 0 bridgehead atoms. The highest BCUT2D eigenvalue weighted by Gasteiger charge is 2.09. The zero-order valence-corrected chi connectivity index (χ0v) is 12.8. The number of rotatable bonds is 4. The smallest absolute Gasteiger partial charge is 0.251 e. The number of aromatic nitrogens is 4. The van der Waals surface area contributed by atoms with Crippen molar-refractivity contribution in [2.75, 3.05) is 0 Å². The fraction of sp³-hybridized carbons (Fsp3) is 0.0556. The fourth-order valence-corrected chi connectivity index (χ4v) is 2.59. The maximum Gasteiger partial charge on any atom is 0.251 e. The minimum atomic E-state index is -0.142. The summed E-state index contributed by atoms with van der Waals surface area (Å²) in [6.07, 6.45) is 5.77. The SMILES string of the molecule is O=C(NCc1nnc2ccccn12)c1cccc(-n2cccc2)c1. The number of nitrogens with one attached hydrogen (secondary N) is 1. The Morgan fingerprint density at radius 2 is 1.79 bits per heavy atom. The Morgan fingerprint density at radius 3 is 2.67 bits per heavy atom. The number of hydrogen-bond donors (Lipinski definition) is 1. The predicted molar refractivity (Wildman–Crippen MR) is 89.9 cm³/mol. The fourth-order valence-electron chi connectivity index (χ4n) is 2.59. The van der Waals surface area contributed by atoms with Gasteiger partial charge in [-0.2, -0.15) is 0 Å². The highest BCUT2D eigenvalue weighted by molar-refractivity contribution is 5.94. The molecular formula is C18H15N5O. The third-order valence-electron chi connectivity index (χ3n) is 3.80. The van der Waals surface area contributed by atoms with E-state index in [1.54, 1.807) is 6.07 Å². The van der Waals surface area contributed by atoms with E-state index in [1.807, 2.05) is 76.1 Å². The van der Waals surface area contributed by atoms with Crippen LogP contribution >= 0.6 is 0 Å². The van der Waals surface area contributed by atoms with Gasteiger partial charge in [0.2, 0.25) is 0 Å². The Balaban J connectivity index is 1.51. The van der Waals surface area contributed by atoms with Crippen molar-refractivity contribution >= 4 is 11.6 Å². The van der Waals surface area contributed by atoms with Crippen molar-refractivity contribution in [3.8, 4) is 5.69 Å². The Hall–Kier alpha value is -3.41. The number of carbonyl (C=O) groups excluding carboxylic acids is 1. The molecule has 1 aromatic carbocycles. The number of nitrogens with zero attached hydrogens (tertiary/aromatic N) is 4. The first-order chi connectivity index (χ1) is 11.8. The molecule has 0 fully saturated rings. The van der Waals surface area contributed by atoms with Gasteiger partial charge in [-0.05, 0) is 42.5 Å². The normalized spacial score (nSPS) is 10.8. The van der Waals surface area contributed by atoms with Gasteiger partial charge in [0.05, 0.1) is 6.54 Å². The van der Waals surface area contributed by atoms with E-state index in [1.165, 1.54) is 0 Å². The van der Waals surface area contributed by atoms with Gasteiger partial charge in [-0.15, -0.1) is 10.2 Å². The van der Waals surface area contributed by atoms with Crippen molar-refractivity contribution in [3.05, 3.63) is 84.6 Å². The summed E-state index contributed by atoms with van der Waals surface area (Å²) >= 11 is 0. The molecular weight excluding hydrogens is 302 g/mol. The minimum Gasteiger partial charge on any atom is -0.345 e. The van der Waals surface area contributed by atoms with Crippen LogP contribution in [0.15, 0.2) is 73.2 Å². The van der Waals surface area contributed by atoms with Gasteiger partial charge in [-0.25, -0.2) is 0 Å². The number of benzene rings is 1. The van der Waals surface area contributed by atoms with E-state index in [4.69, 9.17) is 0 Å². The van der Waals surface area contributed by atoms with Crippen LogP contribution in [-0.4, -0.2) is 25.1 Å². The molecule has 0 aliphatic heterocycles. The summed E-state index contributed by atoms with van der Waals surface area (Å²) in [6.45, 7) is 0.317. The summed E-state index contributed by atoms with van der Waals surface area (Å²) in [7, 11) is 0. The number of pyridine rings is 1. The standard InChI is InChI=1S/C18H15N5O/c24-18(14-6-5-7-15(12-14)22-9-3-4-10-22)19-13-17-21-20-16-8-1-2-11-23(16)17/h1-12H,13H2,(H,19,24). The molecule has 0 spiro atoms. The Kier molecular flexibility index (Phi) is 3.55. The van der Waals surface area contributed by atoms with E-state index in [2.05, 4.69) is 15.5 Å². The third kappa shape index (κ3) is 2.65. The number of amides is 1. The van der Waals surface area contributed by atoms with E-state index >= 15 is 0 Å². The second-order valence-electron chi connectivity index (χ2n) is 5.37. The van der Waals surface area contributed by atoms with Crippen molar-refractivity contribution < 1.29 is 4.79 Å². The van der Waals surface area contributed by atoms with E-state index in [0.717, 1.165) is 11.3 Å². The Labute approximate surface area is 138 Å². The van der Waals surface area contributed by atoms with Gasteiger partial charge in [-0.3, -0.25) is 9.20 Å². The van der Waals surface area contributed by atoms with Crippen LogP contribution < -0.4 is 5.32 Å². The highest BCUT2D eigenvalue weighted by atomic mass is 16.1. The lowest BCUT2D eigenvalue weighted by molar-refractivity contribution is 0.0949. The molecule has 1 amide bonds. The zero-order valence-electron chi connectivity index (χ0n) is 12.8. The lowest BCUT2D eigenvalue weighted by Crippen LogP contribution is -2.24. The average Bonchev–Trinajstić information content (AvgIpc) is 3.30. The largest absolute Gasteiger partial charge is 0.345 e. The molecule has 24 heavy (non-hydrogen) atoms. The summed E-state index contributed by atoms with van der Waals surface area (Å²) in [6, 6.07) is 17.1. The topological polar surface area (TPSA) is 64.2 Å². The molecule has 0 saturated carbocycles. The van der Waals surface area contributed by atoms with Crippen LogP contribution in [0.4, 0.5) is 0 Å². The van der Waals surface area contributed by atoms with Crippen LogP contribution in [0.25, 0.3) is 11.3 Å². The maximum atomic E-state index is 12.4. The molecule has 0 atom stereocenters. The van der Waals surface area contributed by atoms with Gasteiger partial charge in [0, 0.05) is 29.8 Å². The number of carbonyl (C=O) groups is 1. The van der Waals surface area contributed by atoms with E-state index in [-0.39, 0.29) is 5.91 Å². The van der Waals surface area contributed by atoms with Crippen molar-refractivity contribution in [2.24, 2.45) is 0 Å². The van der Waals surface area contributed by atoms with E-state index < -0.39 is 0 Å². The van der Waals surface area contributed by atoms with Crippen molar-refractivity contribution in [2.45, 2.75) is 6.54 Å². The average molecular weight is 317 g/mol. The van der Waals surface area contributed by atoms with Gasteiger partial charge in [0.1, 0.15) is 0 Å². The molecule has 0 aliphatic rings. The van der Waals surface area contributed by atoms with Crippen LogP contribution in [0.1, 0.15) is 16.2 Å². The third-order valence-corrected chi connectivity index (χ3v) is 3.80. The summed E-state index contributed by atoms with van der Waals surface area (Å²) in [5.41, 5.74) is 2.31. The molecule has 1 N–H and O–H groups in total. The molecule has 3 aromatic heterocycles. The zero-order chi connectivity index (χ0) is 16.4. The monoisotopic (exact) mass is 317 g/mol. The summed E-state index contributed by atoms with van der Waals surface area (Å²) in [5, 5.41) is 11.1. The molecule has 0 aliphatic carbocycles. The van der Waals surface area contributed by atoms with Crippen molar-refractivity contribution in [1.29, 1.82) is 0 Å². The molecule has 0 saturated heterocycles. The van der Waals surface area contributed by atoms with Crippen molar-refractivity contribution in [3.63, 3.8) is 0 Å². The van der Waals surface area contributed by atoms with Crippen molar-refractivity contribution in [1.82, 2.24) is 24.5 Å². The van der Waals surface area contributed by atoms with Gasteiger partial charge in [0.15, 0.2) is 11.5 Å². The van der Waals surface area contributed by atoms with Gasteiger partial charge >= 0.3 is 0 Å². The summed E-state index contributed by atoms with van der Waals surface area (Å²) < 4.78 is 3.82. The lowest BCUT2D eigenvalue weighted by Gasteiger charge is -2.07. The van der Waals surface area contributed by atoms with Gasteiger partial charge in [-0.1, -0.05) is 12.1 Å². The molecule has 6 nitrogen and oxygen atoms in total. The highest BCUT2D eigenvalue weighted by Crippen LogP contribution is 2.11. The Bertz CT molecular complexity index is 988. The van der Waals surface area contributed by atoms with E-state index in [0.29, 0.717) is 17.9 Å². The first kappa shape index (κ1) is 14.2. The molecule has 0 unspecified atom stereocenters. The lowest BCUT2D eigenvalue weighted by atomic mass is 10.2. The van der Waals surface area contributed by atoms with Crippen LogP contribution in [0.3, 0.4) is 0 Å². The van der Waals surface area contributed by atoms with Gasteiger partial charge in [0.25, 0.3) is 5.91 Å². The first-order valence-electron chi connectivity index (χ1n) is 7.61. The number of hydrogen-bond acceptors (Lipinski definition) is 3. The van der Waals surface area contributed by atoms with Gasteiger partial charge < -0.3 is 9.88 Å². The molecule has 4 rings (SSSR count). The van der Waals surface area contributed by atoms with Crippen LogP contribution in [0.2, 0.25) is 0 Å². The van der Waals surface area contributed by atoms with E-state index in [9.17, 15) is 4.79 Å². The quantitative estimate of drug-likeness (QED) is 0.629. The molecule has 6 heteroatoms. The molecule has 3 heterocycles. The molecule has 118 valence electrons. The van der Waals surface area contributed by atoms with Crippen LogP contribution in [-0.2, 0) is 6.54 Å². The second kappa shape index (κ2) is 6.00. The van der Waals surface area contributed by atoms with Crippen LogP contribution in [0, 0.1) is 0 Å².